The molecule has 7 aromatic carbocycles. The van der Waals surface area contributed by atoms with Crippen molar-refractivity contribution >= 4 is 34.1 Å². The van der Waals surface area contributed by atoms with Crippen molar-refractivity contribution in [1.29, 1.82) is 0 Å². The van der Waals surface area contributed by atoms with Crippen LogP contribution in [-0.4, -0.2) is 0 Å². The molecule has 0 spiro atoms. The van der Waals surface area contributed by atoms with Crippen molar-refractivity contribution in [3.8, 4) is 22.3 Å². The van der Waals surface area contributed by atoms with E-state index in [1.165, 1.54) is 134 Å². The van der Waals surface area contributed by atoms with E-state index in [2.05, 4.69) is 216 Å². The molecule has 2 heteroatoms. The maximum Gasteiger partial charge on any atom is 0.0493 e. The lowest BCUT2D eigenvalue weighted by Gasteiger charge is -2.31. The summed E-state index contributed by atoms with van der Waals surface area (Å²) < 4.78 is 0. The van der Waals surface area contributed by atoms with Gasteiger partial charge in [0.05, 0.1) is 0 Å². The van der Waals surface area contributed by atoms with E-state index in [-0.39, 0.29) is 10.8 Å². The van der Waals surface area contributed by atoms with E-state index < -0.39 is 0 Å². The smallest absolute Gasteiger partial charge is 0.0493 e. The van der Waals surface area contributed by atoms with Crippen molar-refractivity contribution in [2.24, 2.45) is 0 Å². The van der Waals surface area contributed by atoms with Gasteiger partial charge in [-0.3, -0.25) is 0 Å². The molecule has 302 valence electrons. The molecule has 0 radical (unpaired) electrons. The van der Waals surface area contributed by atoms with Crippen LogP contribution >= 0.6 is 0 Å². The van der Waals surface area contributed by atoms with E-state index in [1.54, 1.807) is 0 Å². The van der Waals surface area contributed by atoms with Gasteiger partial charge in [-0.2, -0.15) is 0 Å². The normalized spacial score (nSPS) is 14.1. The van der Waals surface area contributed by atoms with Crippen LogP contribution in [0.25, 0.3) is 22.3 Å². The minimum absolute atomic E-state index is 0.196. The Kier molecular flexibility index (Phi) is 9.14. The third-order valence-corrected chi connectivity index (χ3v) is 14.0. The van der Waals surface area contributed by atoms with Gasteiger partial charge in [0.1, 0.15) is 0 Å². The molecule has 60 heavy (non-hydrogen) atoms. The first-order valence-corrected chi connectivity index (χ1v) is 21.8. The third kappa shape index (κ3) is 6.05. The molecular formula is C58H60N2. The molecular weight excluding hydrogens is 725 g/mol. The zero-order chi connectivity index (χ0) is 42.7. The number of fused-ring (bicyclic) bond motifs is 6. The van der Waals surface area contributed by atoms with Gasteiger partial charge >= 0.3 is 0 Å². The highest BCUT2D eigenvalue weighted by Crippen LogP contribution is 2.59. The van der Waals surface area contributed by atoms with E-state index in [9.17, 15) is 0 Å². The minimum Gasteiger partial charge on any atom is -0.310 e. The fraction of sp³-hybridized carbons (Fsp3) is 0.276. The van der Waals surface area contributed by atoms with Crippen LogP contribution in [-0.2, 0) is 10.8 Å². The van der Waals surface area contributed by atoms with Crippen molar-refractivity contribution in [1.82, 2.24) is 0 Å². The summed E-state index contributed by atoms with van der Waals surface area (Å²) in [6.07, 6.45) is 0. The number of hydrogen-bond donors (Lipinski definition) is 0. The van der Waals surface area contributed by atoms with E-state index in [0.717, 1.165) is 0 Å². The second-order valence-electron chi connectivity index (χ2n) is 19.4. The Bertz CT molecular complexity index is 2630. The molecule has 0 fully saturated rings. The summed E-state index contributed by atoms with van der Waals surface area (Å²) >= 11 is 0. The molecule has 0 saturated carbocycles. The largest absolute Gasteiger partial charge is 0.310 e. The highest BCUT2D eigenvalue weighted by atomic mass is 15.2. The average molecular weight is 785 g/mol. The Hall–Kier alpha value is -5.86. The number of anilines is 6. The lowest BCUT2D eigenvalue weighted by atomic mass is 9.79. The number of benzene rings is 7. The third-order valence-electron chi connectivity index (χ3n) is 14.0. The van der Waals surface area contributed by atoms with Crippen molar-refractivity contribution < 1.29 is 0 Å². The van der Waals surface area contributed by atoms with Gasteiger partial charge in [-0.15, -0.1) is 0 Å². The minimum atomic E-state index is -0.196. The molecule has 0 bridgehead atoms. The zero-order valence-corrected chi connectivity index (χ0v) is 38.3. The number of hydrogen-bond acceptors (Lipinski definition) is 2. The van der Waals surface area contributed by atoms with Crippen molar-refractivity contribution in [2.45, 2.75) is 108 Å². The van der Waals surface area contributed by atoms with Gasteiger partial charge in [-0.25, -0.2) is 0 Å². The molecule has 0 N–H and O–H groups in total. The van der Waals surface area contributed by atoms with Crippen molar-refractivity contribution in [3.05, 3.63) is 187 Å². The SMILES string of the molecule is Cc1ccc(C)c(N(c2cc(C)c3c(c2)C(C)(C)c2cc4c(cc2-3)C(C)(C)c2cc(N(c3cc(C)ccc3C)c3cc(C)ccc3C)cc(C)c2-4)c2cc(C)ccc2C)c1. The highest BCUT2D eigenvalue weighted by Gasteiger charge is 2.43. The molecule has 2 aliphatic carbocycles. The fourth-order valence-electron chi connectivity index (χ4n) is 10.5. The predicted molar refractivity (Wildman–Crippen MR) is 258 cm³/mol. The molecule has 0 atom stereocenters. The van der Waals surface area contributed by atoms with Gasteiger partial charge < -0.3 is 9.80 Å². The molecule has 0 aromatic heterocycles. The van der Waals surface area contributed by atoms with Crippen LogP contribution in [0, 0.1) is 69.2 Å². The fourth-order valence-corrected chi connectivity index (χ4v) is 10.5. The first kappa shape index (κ1) is 39.6. The van der Waals surface area contributed by atoms with E-state index in [1.807, 2.05) is 0 Å². The zero-order valence-electron chi connectivity index (χ0n) is 38.3. The van der Waals surface area contributed by atoms with Crippen molar-refractivity contribution in [3.63, 3.8) is 0 Å². The molecule has 0 heterocycles. The molecule has 0 amide bonds. The Morgan fingerprint density at radius 1 is 0.300 bits per heavy atom. The quantitative estimate of drug-likeness (QED) is 0.166. The van der Waals surface area contributed by atoms with Crippen LogP contribution in [0.3, 0.4) is 0 Å². The summed E-state index contributed by atoms with van der Waals surface area (Å²) in [6.45, 7) is 32.2. The lowest BCUT2D eigenvalue weighted by Crippen LogP contribution is -2.18. The Balaban J connectivity index is 1.21. The van der Waals surface area contributed by atoms with E-state index >= 15 is 0 Å². The Morgan fingerprint density at radius 2 is 0.583 bits per heavy atom. The summed E-state index contributed by atoms with van der Waals surface area (Å²) in [5.41, 5.74) is 30.9. The first-order chi connectivity index (χ1) is 28.4. The molecule has 7 aromatic rings. The van der Waals surface area contributed by atoms with Gasteiger partial charge in [-0.1, -0.05) is 76.2 Å². The number of rotatable bonds is 6. The standard InChI is InChI=1S/C58H60N2/c1-33-15-19-37(5)51(23-33)59(52-24-34(2)16-20-38(52)6)43-27-41(9)55-45-31-48-46(32-47(45)57(11,12)49(55)29-43)56-42(10)28-44(30-50(56)58(48,13)14)60(53-25-35(3)17-21-39(53)7)54-26-36(4)18-22-40(54)8/h15-32H,1-14H3. The van der Waals surface area contributed by atoms with Gasteiger partial charge in [0.2, 0.25) is 0 Å². The summed E-state index contributed by atoms with van der Waals surface area (Å²) in [5.74, 6) is 0. The molecule has 0 unspecified atom stereocenters. The van der Waals surface area contributed by atoms with Gasteiger partial charge in [0.25, 0.3) is 0 Å². The van der Waals surface area contributed by atoms with Crippen LogP contribution in [0.2, 0.25) is 0 Å². The second kappa shape index (κ2) is 13.8. The van der Waals surface area contributed by atoms with Crippen molar-refractivity contribution in [2.75, 3.05) is 9.80 Å². The second-order valence-corrected chi connectivity index (χ2v) is 19.4. The average Bonchev–Trinajstić information content (AvgIpc) is 3.55. The Labute approximate surface area is 359 Å². The summed E-state index contributed by atoms with van der Waals surface area (Å²) in [5, 5.41) is 0. The molecule has 9 rings (SSSR count). The molecule has 2 nitrogen and oxygen atoms in total. The van der Waals surface area contributed by atoms with Crippen LogP contribution in [0.5, 0.6) is 0 Å². The summed E-state index contributed by atoms with van der Waals surface area (Å²) in [4.78, 5) is 5.02. The number of aryl methyl sites for hydroxylation is 10. The maximum absolute atomic E-state index is 2.57. The van der Waals surface area contributed by atoms with Crippen LogP contribution in [0.4, 0.5) is 34.1 Å². The molecule has 0 saturated heterocycles. The Morgan fingerprint density at radius 3 is 0.867 bits per heavy atom. The molecule has 0 aliphatic heterocycles. The summed E-state index contributed by atoms with van der Waals surface area (Å²) in [7, 11) is 0. The van der Waals surface area contributed by atoms with Gasteiger partial charge in [-0.05, 0) is 230 Å². The maximum atomic E-state index is 2.57. The molecule has 2 aliphatic rings. The number of nitrogens with zero attached hydrogens (tertiary/aromatic N) is 2. The monoisotopic (exact) mass is 784 g/mol. The van der Waals surface area contributed by atoms with E-state index in [0.29, 0.717) is 0 Å². The van der Waals surface area contributed by atoms with Gasteiger partial charge in [0.15, 0.2) is 0 Å². The predicted octanol–water partition coefficient (Wildman–Crippen LogP) is 16.3. The summed E-state index contributed by atoms with van der Waals surface area (Å²) in [6, 6.07) is 42.4. The van der Waals surface area contributed by atoms with Crippen LogP contribution in [0.15, 0.2) is 109 Å². The topological polar surface area (TPSA) is 6.48 Å². The first-order valence-electron chi connectivity index (χ1n) is 21.8. The highest BCUT2D eigenvalue weighted by molar-refractivity contribution is 5.95. The van der Waals surface area contributed by atoms with Crippen LogP contribution in [0.1, 0.15) is 106 Å². The van der Waals surface area contributed by atoms with Crippen LogP contribution < -0.4 is 9.80 Å². The van der Waals surface area contributed by atoms with E-state index in [4.69, 9.17) is 0 Å². The van der Waals surface area contributed by atoms with Gasteiger partial charge in [0, 0.05) is 45.0 Å². The lowest BCUT2D eigenvalue weighted by molar-refractivity contribution is 0.652.